The summed E-state index contributed by atoms with van der Waals surface area (Å²) < 4.78 is 5.40. The molecule has 0 aromatic carbocycles. The summed E-state index contributed by atoms with van der Waals surface area (Å²) in [6.07, 6.45) is 13.9. The molecule has 2 N–H and O–H groups in total. The van der Waals surface area contributed by atoms with Crippen molar-refractivity contribution in [2.45, 2.75) is 117 Å². The number of ether oxygens (including phenoxy) is 1. The summed E-state index contributed by atoms with van der Waals surface area (Å²) in [5.74, 6) is 1.71. The van der Waals surface area contributed by atoms with Crippen LogP contribution in [0.3, 0.4) is 0 Å². The quantitative estimate of drug-likeness (QED) is 0.441. The van der Waals surface area contributed by atoms with Crippen molar-refractivity contribution in [3.63, 3.8) is 0 Å². The first kappa shape index (κ1) is 26.2. The molecule has 3 fully saturated rings. The highest BCUT2D eigenvalue weighted by molar-refractivity contribution is 5.66. The summed E-state index contributed by atoms with van der Waals surface area (Å²) in [6, 6.07) is 0. The molecule has 0 spiro atoms. The molecule has 1 unspecified atom stereocenters. The summed E-state index contributed by atoms with van der Waals surface area (Å²) in [5, 5.41) is 20.4. The van der Waals surface area contributed by atoms with Crippen molar-refractivity contribution in [2.75, 3.05) is 0 Å². The van der Waals surface area contributed by atoms with E-state index in [4.69, 9.17) is 4.74 Å². The second kappa shape index (κ2) is 10.5. The van der Waals surface area contributed by atoms with Gasteiger partial charge in [-0.05, 0) is 93.1 Å². The summed E-state index contributed by atoms with van der Waals surface area (Å²) in [5.41, 5.74) is 3.16. The van der Waals surface area contributed by atoms with E-state index < -0.39 is 17.8 Å². The minimum absolute atomic E-state index is 0.329. The fourth-order valence-corrected chi connectivity index (χ4v) is 7.04. The number of hydrogen-bond donors (Lipinski definition) is 2. The number of carbonyl (C=O) groups is 1. The van der Waals surface area contributed by atoms with Crippen molar-refractivity contribution in [1.82, 2.24) is 0 Å². The molecule has 4 heteroatoms. The first-order valence-corrected chi connectivity index (χ1v) is 13.1. The van der Waals surface area contributed by atoms with Crippen molar-refractivity contribution >= 4 is 5.97 Å². The third-order valence-corrected chi connectivity index (χ3v) is 8.72. The minimum Gasteiger partial charge on any atom is -0.458 e. The number of carbonyl (C=O) groups excluding carboxylic acids is 1. The van der Waals surface area contributed by atoms with Crippen molar-refractivity contribution in [1.29, 1.82) is 0 Å². The van der Waals surface area contributed by atoms with Gasteiger partial charge in [-0.25, -0.2) is 0 Å². The highest BCUT2D eigenvalue weighted by Crippen LogP contribution is 2.60. The summed E-state index contributed by atoms with van der Waals surface area (Å²) in [7, 11) is 0. The van der Waals surface area contributed by atoms with Crippen LogP contribution < -0.4 is 0 Å². The number of allylic oxidation sites excluding steroid dienone is 3. The lowest BCUT2D eigenvalue weighted by Crippen LogP contribution is -2.36. The van der Waals surface area contributed by atoms with Gasteiger partial charge in [-0.3, -0.25) is 4.79 Å². The third-order valence-electron chi connectivity index (χ3n) is 8.72. The van der Waals surface area contributed by atoms with Gasteiger partial charge < -0.3 is 14.9 Å². The van der Waals surface area contributed by atoms with E-state index in [1.165, 1.54) is 39.0 Å². The van der Waals surface area contributed by atoms with Crippen LogP contribution in [0.25, 0.3) is 0 Å². The zero-order valence-corrected chi connectivity index (χ0v) is 21.5. The molecule has 0 saturated heterocycles. The molecule has 0 bridgehead atoms. The van der Waals surface area contributed by atoms with Gasteiger partial charge >= 0.3 is 5.97 Å². The first-order chi connectivity index (χ1) is 15.4. The molecule has 0 aromatic heterocycles. The van der Waals surface area contributed by atoms with E-state index in [9.17, 15) is 15.0 Å². The molecule has 4 nitrogen and oxygen atoms in total. The van der Waals surface area contributed by atoms with E-state index in [0.717, 1.165) is 36.3 Å². The van der Waals surface area contributed by atoms with Crippen LogP contribution in [0.1, 0.15) is 98.8 Å². The number of fused-ring (bicyclic) bond motifs is 1. The van der Waals surface area contributed by atoms with E-state index in [-0.39, 0.29) is 5.97 Å². The Labute approximate surface area is 201 Å². The molecule has 33 heavy (non-hydrogen) atoms. The molecule has 6 atom stereocenters. The van der Waals surface area contributed by atoms with Crippen molar-refractivity contribution in [3.05, 3.63) is 35.5 Å². The van der Waals surface area contributed by atoms with Crippen LogP contribution in [0.2, 0.25) is 0 Å². The molecular formula is C29H46O4. The molecule has 3 saturated carbocycles. The lowest BCUT2D eigenvalue weighted by Gasteiger charge is -2.44. The maximum atomic E-state index is 11.4. The molecule has 3 aliphatic carbocycles. The van der Waals surface area contributed by atoms with Crippen LogP contribution in [0.15, 0.2) is 35.5 Å². The molecule has 3 rings (SSSR count). The van der Waals surface area contributed by atoms with E-state index in [1.54, 1.807) is 5.57 Å². The maximum absolute atomic E-state index is 11.4. The Morgan fingerprint density at radius 1 is 1.33 bits per heavy atom. The van der Waals surface area contributed by atoms with Gasteiger partial charge in [0.15, 0.2) is 0 Å². The van der Waals surface area contributed by atoms with E-state index in [0.29, 0.717) is 30.1 Å². The third kappa shape index (κ3) is 6.39. The average molecular weight is 459 g/mol. The highest BCUT2D eigenvalue weighted by atomic mass is 16.5. The van der Waals surface area contributed by atoms with Crippen molar-refractivity contribution < 1.29 is 19.7 Å². The topological polar surface area (TPSA) is 66.8 Å². The Balaban J connectivity index is 1.71. The fraction of sp³-hybridized carbons (Fsp3) is 0.759. The second-order valence-electron chi connectivity index (χ2n) is 11.9. The lowest BCUT2D eigenvalue weighted by molar-refractivity contribution is -0.146. The number of esters is 1. The molecular weight excluding hydrogens is 412 g/mol. The molecule has 3 aliphatic rings. The molecule has 0 aliphatic heterocycles. The van der Waals surface area contributed by atoms with Crippen molar-refractivity contribution in [3.8, 4) is 0 Å². The second-order valence-corrected chi connectivity index (χ2v) is 11.9. The van der Waals surface area contributed by atoms with Gasteiger partial charge in [0.1, 0.15) is 6.10 Å². The number of hydrogen-bond acceptors (Lipinski definition) is 4. The number of rotatable bonds is 7. The summed E-state index contributed by atoms with van der Waals surface area (Å²) in [4.78, 5) is 11.4. The molecule has 186 valence electrons. The zero-order chi connectivity index (χ0) is 24.4. The first-order valence-electron chi connectivity index (χ1n) is 13.1. The maximum Gasteiger partial charge on any atom is 0.303 e. The standard InChI is InChI=1S/C29H46O4/c1-19(9-7-15-28(4,5)32)25-13-14-26-22(10-8-16-29(25,26)6)11-12-23-17-24(31)18-27(20(23)2)33-21(3)30/h11-12,19,24-27,31-32H,2,7-10,13-18H2,1,3-6H3/b22-11?,23-12-/t19-,24-,25-,26?,27-,29-/m1/s1. The largest absolute Gasteiger partial charge is 0.458 e. The Hall–Kier alpha value is -1.39. The normalized spacial score (nSPS) is 36.2. The summed E-state index contributed by atoms with van der Waals surface area (Å²) in [6.45, 7) is 14.3. The van der Waals surface area contributed by atoms with E-state index in [2.05, 4.69) is 32.6 Å². The summed E-state index contributed by atoms with van der Waals surface area (Å²) >= 11 is 0. The number of aliphatic hydroxyl groups excluding tert-OH is 1. The molecule has 0 radical (unpaired) electrons. The molecule has 0 heterocycles. The van der Waals surface area contributed by atoms with Gasteiger partial charge in [-0.2, -0.15) is 0 Å². The van der Waals surface area contributed by atoms with Crippen LogP contribution in [0, 0.1) is 23.2 Å². The van der Waals surface area contributed by atoms with Crippen LogP contribution in [0.5, 0.6) is 0 Å². The average Bonchev–Trinajstić information content (AvgIpc) is 3.05. The Bertz CT molecular complexity index is 786. The highest BCUT2D eigenvalue weighted by Gasteiger charge is 2.50. The molecule has 0 aromatic rings. The van der Waals surface area contributed by atoms with Crippen molar-refractivity contribution in [2.24, 2.45) is 23.2 Å². The Morgan fingerprint density at radius 2 is 2.06 bits per heavy atom. The molecule has 0 amide bonds. The predicted octanol–water partition coefficient (Wildman–Crippen LogP) is 6.28. The van der Waals surface area contributed by atoms with E-state index >= 15 is 0 Å². The van der Waals surface area contributed by atoms with Crippen LogP contribution in [-0.4, -0.2) is 34.0 Å². The van der Waals surface area contributed by atoms with Gasteiger partial charge in [-0.15, -0.1) is 0 Å². The smallest absolute Gasteiger partial charge is 0.303 e. The Morgan fingerprint density at radius 3 is 2.73 bits per heavy atom. The SMILES string of the molecule is C=C1/C(=C\C=C2CCC[C@@]3(C)C2CC[C@@H]3[C@H](C)CCCC(C)(C)O)C[C@@H](O)C[C@H]1OC(C)=O. The zero-order valence-electron chi connectivity index (χ0n) is 21.5. The van der Waals surface area contributed by atoms with Gasteiger partial charge in [0, 0.05) is 13.3 Å². The van der Waals surface area contributed by atoms with Crippen LogP contribution in [0.4, 0.5) is 0 Å². The van der Waals surface area contributed by atoms with Gasteiger partial charge in [0.05, 0.1) is 11.7 Å². The predicted molar refractivity (Wildman–Crippen MR) is 134 cm³/mol. The Kier molecular flexibility index (Phi) is 8.32. The lowest BCUT2D eigenvalue weighted by atomic mass is 9.60. The number of aliphatic hydroxyl groups is 2. The van der Waals surface area contributed by atoms with Crippen LogP contribution >= 0.6 is 0 Å². The van der Waals surface area contributed by atoms with Gasteiger partial charge in [0.25, 0.3) is 0 Å². The van der Waals surface area contributed by atoms with Gasteiger partial charge in [0.2, 0.25) is 0 Å². The van der Waals surface area contributed by atoms with E-state index in [1.807, 2.05) is 13.8 Å². The minimum atomic E-state index is -0.568. The van der Waals surface area contributed by atoms with Crippen LogP contribution in [-0.2, 0) is 9.53 Å². The monoisotopic (exact) mass is 458 g/mol. The van der Waals surface area contributed by atoms with Gasteiger partial charge in [-0.1, -0.05) is 51.0 Å². The fourth-order valence-electron chi connectivity index (χ4n) is 7.04.